The third-order valence-electron chi connectivity index (χ3n) is 10.2. The van der Waals surface area contributed by atoms with Crippen molar-refractivity contribution in [3.05, 3.63) is 0 Å². The summed E-state index contributed by atoms with van der Waals surface area (Å²) in [4.78, 5) is 35.4. The Balaban J connectivity index is 2.44. The third kappa shape index (κ3) is 24.5. The van der Waals surface area contributed by atoms with Crippen LogP contribution < -0.4 is 0 Å². The largest absolute Gasteiger partial charge is 0.472 e. The summed E-state index contributed by atoms with van der Waals surface area (Å²) in [5.41, 5.74) is 0. The van der Waals surface area contributed by atoms with Gasteiger partial charge in [0.1, 0.15) is 43.2 Å². The number of esters is 2. The molecule has 1 saturated carbocycles. The second kappa shape index (κ2) is 31.9. The number of carbonyl (C=O) groups is 2. The lowest BCUT2D eigenvalue weighted by atomic mass is 9.85. The molecule has 1 rings (SSSR count). The molecule has 6 N–H and O–H groups in total. The molecule has 54 heavy (non-hydrogen) atoms. The Morgan fingerprint density at radius 2 is 0.833 bits per heavy atom. The highest BCUT2D eigenvalue weighted by atomic mass is 31.2. The molecule has 0 aliphatic heterocycles. The SMILES string of the molecule is CCCCCCCCCCCCCCCCCCCC(=O)O[C@H](COC(=O)CCCCCCCCCC)COP(=O)(O)OC1C(O)C(O)C(O)[C@H](O)C1O. The van der Waals surface area contributed by atoms with Crippen LogP contribution in [0.25, 0.3) is 0 Å². The third-order valence-corrected chi connectivity index (χ3v) is 11.2. The number of hydrogen-bond donors (Lipinski definition) is 6. The van der Waals surface area contributed by atoms with Gasteiger partial charge in [-0.25, -0.2) is 4.57 Å². The Kier molecular flexibility index (Phi) is 30.0. The second-order valence-electron chi connectivity index (χ2n) is 15.2. The maximum Gasteiger partial charge on any atom is 0.472 e. The molecule has 0 bridgehead atoms. The smallest absolute Gasteiger partial charge is 0.462 e. The van der Waals surface area contributed by atoms with Crippen LogP contribution in [0.15, 0.2) is 0 Å². The molecule has 14 heteroatoms. The number of aliphatic hydroxyl groups excluding tert-OH is 5. The molecule has 0 aromatic heterocycles. The van der Waals surface area contributed by atoms with Crippen molar-refractivity contribution < 1.29 is 63.1 Å². The molecular formula is C40H77O13P. The van der Waals surface area contributed by atoms with Gasteiger partial charge in [0.05, 0.1) is 6.61 Å². The zero-order valence-corrected chi connectivity index (χ0v) is 34.4. The average molecular weight is 797 g/mol. The first-order valence-electron chi connectivity index (χ1n) is 21.3. The van der Waals surface area contributed by atoms with Gasteiger partial charge >= 0.3 is 19.8 Å². The van der Waals surface area contributed by atoms with Crippen molar-refractivity contribution in [2.24, 2.45) is 0 Å². The molecule has 1 aliphatic rings. The number of phosphoric acid groups is 1. The molecule has 0 radical (unpaired) electrons. The Labute approximate surface area is 325 Å². The van der Waals surface area contributed by atoms with Gasteiger partial charge in [-0.3, -0.25) is 18.6 Å². The molecule has 0 aromatic carbocycles. The summed E-state index contributed by atoms with van der Waals surface area (Å²) in [6, 6.07) is 0. The summed E-state index contributed by atoms with van der Waals surface area (Å²) >= 11 is 0. The van der Waals surface area contributed by atoms with Gasteiger partial charge in [-0.2, -0.15) is 0 Å². The quantitative estimate of drug-likeness (QED) is 0.0211. The van der Waals surface area contributed by atoms with Crippen LogP contribution in [0.5, 0.6) is 0 Å². The fourth-order valence-electron chi connectivity index (χ4n) is 6.70. The lowest BCUT2D eigenvalue weighted by Gasteiger charge is -2.41. The monoisotopic (exact) mass is 797 g/mol. The van der Waals surface area contributed by atoms with E-state index in [4.69, 9.17) is 18.5 Å². The van der Waals surface area contributed by atoms with Gasteiger partial charge in [0.2, 0.25) is 0 Å². The number of hydrogen-bond acceptors (Lipinski definition) is 12. The van der Waals surface area contributed by atoms with Crippen molar-refractivity contribution >= 4 is 19.8 Å². The van der Waals surface area contributed by atoms with Crippen molar-refractivity contribution in [2.45, 2.75) is 230 Å². The summed E-state index contributed by atoms with van der Waals surface area (Å²) in [6.07, 6.45) is 16.2. The van der Waals surface area contributed by atoms with Gasteiger partial charge < -0.3 is 39.9 Å². The average Bonchev–Trinajstić information content (AvgIpc) is 3.15. The van der Waals surface area contributed by atoms with Gasteiger partial charge in [-0.1, -0.05) is 162 Å². The van der Waals surface area contributed by atoms with E-state index in [-0.39, 0.29) is 12.8 Å². The predicted molar refractivity (Wildman–Crippen MR) is 208 cm³/mol. The van der Waals surface area contributed by atoms with E-state index in [9.17, 15) is 44.6 Å². The number of carbonyl (C=O) groups excluding carboxylic acids is 2. The van der Waals surface area contributed by atoms with Crippen LogP contribution in [0.3, 0.4) is 0 Å². The fourth-order valence-corrected chi connectivity index (χ4v) is 7.67. The molecule has 6 unspecified atom stereocenters. The van der Waals surface area contributed by atoms with E-state index >= 15 is 0 Å². The van der Waals surface area contributed by atoms with Crippen LogP contribution in [-0.4, -0.2) is 98.3 Å². The maximum absolute atomic E-state index is 12.7. The lowest BCUT2D eigenvalue weighted by molar-refractivity contribution is -0.220. The summed E-state index contributed by atoms with van der Waals surface area (Å²) < 4.78 is 33.4. The van der Waals surface area contributed by atoms with Crippen molar-refractivity contribution in [3.8, 4) is 0 Å². The topological polar surface area (TPSA) is 210 Å². The first kappa shape index (κ1) is 50.9. The number of phosphoric ester groups is 1. The minimum absolute atomic E-state index is 0.104. The van der Waals surface area contributed by atoms with Crippen LogP contribution in [0.2, 0.25) is 0 Å². The highest BCUT2D eigenvalue weighted by molar-refractivity contribution is 7.47. The second-order valence-corrected chi connectivity index (χ2v) is 16.6. The van der Waals surface area contributed by atoms with E-state index < -0.39 is 75.7 Å². The highest BCUT2D eigenvalue weighted by Crippen LogP contribution is 2.47. The standard InChI is InChI=1S/C40H77O13P/c1-3-5-7-9-11-13-14-15-16-17-18-19-20-21-23-25-27-29-34(42)52-32(30-50-33(41)28-26-24-22-12-10-8-6-4-2)31-51-54(48,49)53-40-38(46)36(44)35(43)37(45)39(40)47/h32,35-40,43-47H,3-31H2,1-2H3,(H,48,49)/t32-,35?,36+,37?,38?,39?,40?/m1/s1. The summed E-state index contributed by atoms with van der Waals surface area (Å²) in [7, 11) is -5.10. The van der Waals surface area contributed by atoms with E-state index in [0.717, 1.165) is 38.5 Å². The van der Waals surface area contributed by atoms with Crippen molar-refractivity contribution in [1.29, 1.82) is 0 Å². The number of aliphatic hydroxyl groups is 5. The van der Waals surface area contributed by atoms with Crippen molar-refractivity contribution in [2.75, 3.05) is 13.2 Å². The molecule has 13 nitrogen and oxygen atoms in total. The molecule has 320 valence electrons. The lowest BCUT2D eigenvalue weighted by Crippen LogP contribution is -2.64. The first-order chi connectivity index (χ1) is 25.9. The van der Waals surface area contributed by atoms with Gasteiger partial charge in [-0.05, 0) is 12.8 Å². The number of ether oxygens (including phenoxy) is 2. The number of rotatable bonds is 35. The Bertz CT molecular complexity index is 969. The van der Waals surface area contributed by atoms with E-state index in [1.165, 1.54) is 109 Å². The highest BCUT2D eigenvalue weighted by Gasteiger charge is 2.51. The molecule has 0 heterocycles. The fraction of sp³-hybridized carbons (Fsp3) is 0.950. The van der Waals surface area contributed by atoms with Crippen LogP contribution in [0, 0.1) is 0 Å². The van der Waals surface area contributed by atoms with E-state index in [0.29, 0.717) is 12.8 Å². The first-order valence-corrected chi connectivity index (χ1v) is 22.8. The Hall–Kier alpha value is -1.15. The van der Waals surface area contributed by atoms with Gasteiger partial charge in [-0.15, -0.1) is 0 Å². The molecule has 1 aliphatic carbocycles. The molecule has 8 atom stereocenters. The zero-order valence-electron chi connectivity index (χ0n) is 33.5. The zero-order chi connectivity index (χ0) is 40.0. The van der Waals surface area contributed by atoms with Gasteiger partial charge in [0.25, 0.3) is 0 Å². The van der Waals surface area contributed by atoms with Crippen LogP contribution in [-0.2, 0) is 32.7 Å². The molecule has 0 saturated heterocycles. The normalized spacial score (nSPS) is 23.2. The van der Waals surface area contributed by atoms with Gasteiger partial charge in [0.15, 0.2) is 6.10 Å². The minimum Gasteiger partial charge on any atom is -0.462 e. The van der Waals surface area contributed by atoms with Crippen molar-refractivity contribution in [1.82, 2.24) is 0 Å². The molecule has 0 spiro atoms. The summed E-state index contributed by atoms with van der Waals surface area (Å²) in [5.74, 6) is -1.09. The van der Waals surface area contributed by atoms with E-state index in [1.807, 2.05) is 0 Å². The van der Waals surface area contributed by atoms with Gasteiger partial charge in [0, 0.05) is 12.8 Å². The van der Waals surface area contributed by atoms with E-state index in [1.54, 1.807) is 0 Å². The van der Waals surface area contributed by atoms with Crippen LogP contribution in [0.1, 0.15) is 187 Å². The molecule has 0 amide bonds. The Morgan fingerprint density at radius 3 is 1.22 bits per heavy atom. The number of unbranched alkanes of at least 4 members (excludes halogenated alkanes) is 23. The van der Waals surface area contributed by atoms with E-state index in [2.05, 4.69) is 13.8 Å². The molecule has 1 fully saturated rings. The minimum atomic E-state index is -5.10. The summed E-state index contributed by atoms with van der Waals surface area (Å²) in [6.45, 7) is 3.26. The molecule has 0 aromatic rings. The van der Waals surface area contributed by atoms with Crippen LogP contribution >= 0.6 is 7.82 Å². The van der Waals surface area contributed by atoms with Crippen molar-refractivity contribution in [3.63, 3.8) is 0 Å². The maximum atomic E-state index is 12.7. The Morgan fingerprint density at radius 1 is 0.500 bits per heavy atom. The molecular weight excluding hydrogens is 719 g/mol. The summed E-state index contributed by atoms with van der Waals surface area (Å²) in [5, 5.41) is 49.9. The predicted octanol–water partition coefficient (Wildman–Crippen LogP) is 7.33. The van der Waals surface area contributed by atoms with Crippen LogP contribution in [0.4, 0.5) is 0 Å².